The average molecular weight is 380 g/mol. The topological polar surface area (TPSA) is 90.7 Å². The molecule has 0 spiro atoms. The molecular formula is C21H20N2O5. The smallest absolute Gasteiger partial charge is 0.293 e. The minimum atomic E-state index is -0.514. The van der Waals surface area contributed by atoms with Gasteiger partial charge in [0.15, 0.2) is 6.61 Å². The molecule has 0 radical (unpaired) electrons. The Kier molecular flexibility index (Phi) is 5.44. The lowest BCUT2D eigenvalue weighted by atomic mass is 10.1. The van der Waals surface area contributed by atoms with E-state index in [0.717, 1.165) is 22.1 Å². The van der Waals surface area contributed by atoms with Crippen LogP contribution in [0.4, 0.5) is 11.4 Å². The van der Waals surface area contributed by atoms with Gasteiger partial charge < -0.3 is 14.8 Å². The van der Waals surface area contributed by atoms with Crippen molar-refractivity contribution in [1.82, 2.24) is 0 Å². The number of anilines is 1. The molecule has 1 amide bonds. The van der Waals surface area contributed by atoms with Gasteiger partial charge in [0, 0.05) is 6.07 Å². The van der Waals surface area contributed by atoms with Gasteiger partial charge in [0.1, 0.15) is 17.2 Å². The number of nitro benzene ring substituents is 1. The molecule has 28 heavy (non-hydrogen) atoms. The molecule has 0 aromatic heterocycles. The third-order valence-corrected chi connectivity index (χ3v) is 4.56. The summed E-state index contributed by atoms with van der Waals surface area (Å²) in [5.41, 5.74) is 1.56. The van der Waals surface area contributed by atoms with Crippen molar-refractivity contribution in [2.24, 2.45) is 0 Å². The lowest BCUT2D eigenvalue weighted by molar-refractivity contribution is -0.384. The molecule has 0 fully saturated rings. The molecule has 7 nitrogen and oxygen atoms in total. The number of methoxy groups -OCH3 is 1. The highest BCUT2D eigenvalue weighted by Crippen LogP contribution is 2.30. The van der Waals surface area contributed by atoms with Crippen molar-refractivity contribution in [1.29, 1.82) is 0 Å². The lowest BCUT2D eigenvalue weighted by Gasteiger charge is -2.12. The van der Waals surface area contributed by atoms with Crippen molar-refractivity contribution >= 4 is 28.1 Å². The molecule has 1 N–H and O–H groups in total. The van der Waals surface area contributed by atoms with Crippen molar-refractivity contribution in [3.8, 4) is 11.5 Å². The number of amides is 1. The number of rotatable bonds is 6. The molecule has 7 heteroatoms. The Bertz CT molecular complexity index is 1060. The Morgan fingerprint density at radius 3 is 2.39 bits per heavy atom. The highest BCUT2D eigenvalue weighted by Gasteiger charge is 2.19. The van der Waals surface area contributed by atoms with Crippen molar-refractivity contribution in [3.63, 3.8) is 0 Å². The van der Waals surface area contributed by atoms with E-state index in [1.807, 2.05) is 37.3 Å². The van der Waals surface area contributed by atoms with Crippen molar-refractivity contribution in [2.75, 3.05) is 19.0 Å². The van der Waals surface area contributed by atoms with E-state index in [-0.39, 0.29) is 18.0 Å². The predicted molar refractivity (Wildman–Crippen MR) is 107 cm³/mol. The number of ether oxygens (including phenoxy) is 2. The van der Waals surface area contributed by atoms with Crippen LogP contribution in [0.1, 0.15) is 11.1 Å². The Hall–Kier alpha value is -3.61. The molecule has 3 aromatic rings. The zero-order valence-electron chi connectivity index (χ0n) is 15.8. The van der Waals surface area contributed by atoms with E-state index in [4.69, 9.17) is 9.47 Å². The standard InChI is InChI=1S/C21H20N2O5/c1-13-4-9-19(23(25)26)21(14(13)2)22-20(24)12-28-18-8-6-15-5-7-17(27-3)10-16(15)11-18/h4-11H,12H2,1-3H3,(H,22,24). The van der Waals surface area contributed by atoms with Gasteiger partial charge in [-0.25, -0.2) is 0 Å². The molecule has 0 atom stereocenters. The summed E-state index contributed by atoms with van der Waals surface area (Å²) in [5, 5.41) is 15.8. The van der Waals surface area contributed by atoms with E-state index >= 15 is 0 Å². The maximum Gasteiger partial charge on any atom is 0.293 e. The molecule has 0 aliphatic carbocycles. The van der Waals surface area contributed by atoms with Gasteiger partial charge in [0.25, 0.3) is 11.6 Å². The summed E-state index contributed by atoms with van der Waals surface area (Å²) in [6, 6.07) is 14.2. The fourth-order valence-corrected chi connectivity index (χ4v) is 2.86. The second kappa shape index (κ2) is 7.96. The molecule has 0 heterocycles. The Balaban J connectivity index is 1.74. The second-order valence-electron chi connectivity index (χ2n) is 6.37. The summed E-state index contributed by atoms with van der Waals surface area (Å²) >= 11 is 0. The van der Waals surface area contributed by atoms with E-state index in [1.165, 1.54) is 6.07 Å². The monoisotopic (exact) mass is 380 g/mol. The van der Waals surface area contributed by atoms with Crippen molar-refractivity contribution < 1.29 is 19.2 Å². The summed E-state index contributed by atoms with van der Waals surface area (Å²) in [7, 11) is 1.60. The number of hydrogen-bond donors (Lipinski definition) is 1. The first-order chi connectivity index (χ1) is 13.4. The fraction of sp³-hybridized carbons (Fsp3) is 0.190. The Morgan fingerprint density at radius 1 is 1.04 bits per heavy atom. The Labute approximate surface area is 162 Å². The maximum atomic E-state index is 12.3. The van der Waals surface area contributed by atoms with Gasteiger partial charge >= 0.3 is 0 Å². The number of benzene rings is 3. The number of nitro groups is 1. The maximum absolute atomic E-state index is 12.3. The number of hydrogen-bond acceptors (Lipinski definition) is 5. The lowest BCUT2D eigenvalue weighted by Crippen LogP contribution is -2.21. The van der Waals surface area contributed by atoms with E-state index < -0.39 is 10.8 Å². The molecule has 0 aliphatic heterocycles. The van der Waals surface area contributed by atoms with E-state index in [2.05, 4.69) is 5.32 Å². The first kappa shape index (κ1) is 19.2. The van der Waals surface area contributed by atoms with E-state index in [0.29, 0.717) is 11.3 Å². The normalized spacial score (nSPS) is 10.5. The molecule has 0 unspecified atom stereocenters. The summed E-state index contributed by atoms with van der Waals surface area (Å²) < 4.78 is 10.8. The number of carbonyl (C=O) groups is 1. The third kappa shape index (κ3) is 4.03. The number of fused-ring (bicyclic) bond motifs is 1. The van der Waals surface area contributed by atoms with Crippen LogP contribution < -0.4 is 14.8 Å². The van der Waals surface area contributed by atoms with Crippen LogP contribution in [0, 0.1) is 24.0 Å². The number of nitrogens with zero attached hydrogens (tertiary/aromatic N) is 1. The first-order valence-corrected chi connectivity index (χ1v) is 8.64. The highest BCUT2D eigenvalue weighted by atomic mass is 16.6. The molecular weight excluding hydrogens is 360 g/mol. The fourth-order valence-electron chi connectivity index (χ4n) is 2.86. The molecule has 3 aromatic carbocycles. The van der Waals surface area contributed by atoms with Crippen LogP contribution >= 0.6 is 0 Å². The summed E-state index contributed by atoms with van der Waals surface area (Å²) in [5.74, 6) is 0.776. The van der Waals surface area contributed by atoms with Gasteiger partial charge in [0.2, 0.25) is 0 Å². The molecule has 0 bridgehead atoms. The highest BCUT2D eigenvalue weighted by molar-refractivity contribution is 5.95. The third-order valence-electron chi connectivity index (χ3n) is 4.56. The van der Waals surface area contributed by atoms with Crippen molar-refractivity contribution in [2.45, 2.75) is 13.8 Å². The number of nitrogens with one attached hydrogen (secondary N) is 1. The molecule has 0 aliphatic rings. The van der Waals surface area contributed by atoms with E-state index in [1.54, 1.807) is 26.2 Å². The van der Waals surface area contributed by atoms with Crippen LogP contribution in [-0.4, -0.2) is 24.5 Å². The summed E-state index contributed by atoms with van der Waals surface area (Å²) in [4.78, 5) is 23.0. The van der Waals surface area contributed by atoms with Gasteiger partial charge in [-0.05, 0) is 60.0 Å². The second-order valence-corrected chi connectivity index (χ2v) is 6.37. The van der Waals surface area contributed by atoms with Gasteiger partial charge in [-0.3, -0.25) is 14.9 Å². The van der Waals surface area contributed by atoms with Crippen LogP contribution in [0.5, 0.6) is 11.5 Å². The van der Waals surface area contributed by atoms with Crippen LogP contribution in [-0.2, 0) is 4.79 Å². The van der Waals surface area contributed by atoms with Gasteiger partial charge in [-0.1, -0.05) is 18.2 Å². The number of carbonyl (C=O) groups excluding carboxylic acids is 1. The van der Waals surface area contributed by atoms with Crippen LogP contribution in [0.25, 0.3) is 10.8 Å². The molecule has 0 saturated heterocycles. The first-order valence-electron chi connectivity index (χ1n) is 8.64. The quantitative estimate of drug-likeness (QED) is 0.506. The van der Waals surface area contributed by atoms with Gasteiger partial charge in [-0.2, -0.15) is 0 Å². The average Bonchev–Trinajstić information content (AvgIpc) is 2.69. The van der Waals surface area contributed by atoms with Gasteiger partial charge in [-0.15, -0.1) is 0 Å². The van der Waals surface area contributed by atoms with Crippen LogP contribution in [0.2, 0.25) is 0 Å². The Morgan fingerprint density at radius 2 is 1.71 bits per heavy atom. The minimum absolute atomic E-state index is 0.144. The van der Waals surface area contributed by atoms with Gasteiger partial charge in [0.05, 0.1) is 12.0 Å². The van der Waals surface area contributed by atoms with E-state index in [9.17, 15) is 14.9 Å². The van der Waals surface area contributed by atoms with Crippen LogP contribution in [0.15, 0.2) is 48.5 Å². The molecule has 0 saturated carbocycles. The largest absolute Gasteiger partial charge is 0.497 e. The zero-order valence-corrected chi connectivity index (χ0v) is 15.8. The predicted octanol–water partition coefficient (Wildman–Crippen LogP) is 4.39. The number of aryl methyl sites for hydroxylation is 1. The zero-order chi connectivity index (χ0) is 20.3. The minimum Gasteiger partial charge on any atom is -0.497 e. The molecule has 144 valence electrons. The van der Waals surface area contributed by atoms with Crippen molar-refractivity contribution in [3.05, 3.63) is 69.8 Å². The SMILES string of the molecule is COc1ccc2ccc(OCC(=O)Nc3c([N+](=O)[O-])ccc(C)c3C)cc2c1. The summed E-state index contributed by atoms with van der Waals surface area (Å²) in [6.07, 6.45) is 0. The molecule has 3 rings (SSSR count). The summed E-state index contributed by atoms with van der Waals surface area (Å²) in [6.45, 7) is 3.30. The van der Waals surface area contributed by atoms with Crippen LogP contribution in [0.3, 0.4) is 0 Å².